The van der Waals surface area contributed by atoms with Crippen LogP contribution in [0.15, 0.2) is 60.7 Å². The highest BCUT2D eigenvalue weighted by atomic mass is 33.1. The largest absolute Gasteiger partial charge is 0.508 e. The van der Waals surface area contributed by atoms with Crippen LogP contribution in [0.2, 0.25) is 0 Å². The van der Waals surface area contributed by atoms with Crippen LogP contribution in [0, 0.1) is 0 Å². The number of benzene rings is 2. The van der Waals surface area contributed by atoms with E-state index in [1.807, 2.05) is 6.26 Å². The summed E-state index contributed by atoms with van der Waals surface area (Å²) in [6, 6.07) is 7.50. The molecule has 21 heteroatoms. The Labute approximate surface area is 369 Å². The Kier molecular flexibility index (Phi) is 23.6. The average molecular weight is 902 g/mol. The van der Waals surface area contributed by atoms with E-state index in [-0.39, 0.29) is 48.8 Å². The molecule has 0 saturated heterocycles. The van der Waals surface area contributed by atoms with Gasteiger partial charge in [-0.25, -0.2) is 0 Å². The van der Waals surface area contributed by atoms with Crippen LogP contribution in [0.4, 0.5) is 0 Å². The monoisotopic (exact) mass is 901 g/mol. The van der Waals surface area contributed by atoms with Crippen molar-refractivity contribution in [1.82, 2.24) is 36.8 Å². The zero-order valence-corrected chi connectivity index (χ0v) is 36.8. The molecule has 4 atom stereocenters. The molecular weight excluding hydrogens is 843 g/mol. The van der Waals surface area contributed by atoms with Crippen molar-refractivity contribution in [3.63, 3.8) is 0 Å². The molecule has 0 spiro atoms. The summed E-state index contributed by atoms with van der Waals surface area (Å²) in [7, 11) is 4.06. The summed E-state index contributed by atoms with van der Waals surface area (Å²) >= 11 is 0. The highest BCUT2D eigenvalue weighted by Crippen LogP contribution is 2.19. The molecule has 12 N–H and O–H groups in total. The predicted molar refractivity (Wildman–Crippen MR) is 237 cm³/mol. The van der Waals surface area contributed by atoms with E-state index in [1.54, 1.807) is 31.2 Å². The summed E-state index contributed by atoms with van der Waals surface area (Å²) in [5, 5.41) is 34.6. The van der Waals surface area contributed by atoms with E-state index in [0.717, 1.165) is 10.5 Å². The molecule has 0 aliphatic heterocycles. The van der Waals surface area contributed by atoms with E-state index in [9.17, 15) is 48.6 Å². The Bertz CT molecular complexity index is 1850. The first-order valence-corrected chi connectivity index (χ1v) is 22.5. The van der Waals surface area contributed by atoms with E-state index < -0.39 is 85.2 Å². The van der Waals surface area contributed by atoms with Crippen molar-refractivity contribution < 1.29 is 48.6 Å². The molecule has 2 aromatic rings. The second-order valence-electron chi connectivity index (χ2n) is 14.4. The third-order valence-electron chi connectivity index (χ3n) is 9.05. The number of amides is 8. The number of aromatic hydroxyl groups is 2. The maximum absolute atomic E-state index is 13.6. The van der Waals surface area contributed by atoms with Crippen LogP contribution >= 0.6 is 21.6 Å². The van der Waals surface area contributed by atoms with Crippen LogP contribution in [-0.4, -0.2) is 132 Å². The number of carbonyl (C=O) groups excluding carboxylic acids is 8. The number of phenols is 2. The summed E-state index contributed by atoms with van der Waals surface area (Å²) in [6.45, 7) is 4.27. The number of primary amides is 1. The van der Waals surface area contributed by atoms with Crippen molar-refractivity contribution in [2.24, 2.45) is 11.5 Å². The van der Waals surface area contributed by atoms with Gasteiger partial charge in [-0.1, -0.05) is 51.4 Å². The molecule has 0 saturated carbocycles. The number of likely N-dealkylation sites (N-methyl/N-ethyl adjacent to an activating group) is 1. The molecule has 0 aliphatic carbocycles. The number of unbranched alkanes of at least 4 members (excludes halogenated alkanes) is 1. The molecule has 2 rings (SSSR count). The van der Waals surface area contributed by atoms with Gasteiger partial charge in [-0.2, -0.15) is 0 Å². The first-order chi connectivity index (χ1) is 29.4. The molecule has 0 fully saturated rings. The average Bonchev–Trinajstić information content (AvgIpc) is 3.23. The highest BCUT2D eigenvalue weighted by molar-refractivity contribution is 8.76. The quantitative estimate of drug-likeness (QED) is 0.0293. The number of phenolic OH excluding ortho intramolecular Hbond substituents is 2. The van der Waals surface area contributed by atoms with Crippen LogP contribution in [0.5, 0.6) is 11.5 Å². The number of hydrogen-bond acceptors (Lipinski definition) is 13. The van der Waals surface area contributed by atoms with E-state index in [1.165, 1.54) is 52.9 Å². The maximum atomic E-state index is 13.6. The summed E-state index contributed by atoms with van der Waals surface area (Å²) in [5.74, 6) is -5.15. The second kappa shape index (κ2) is 27.9. The van der Waals surface area contributed by atoms with E-state index >= 15 is 0 Å². The van der Waals surface area contributed by atoms with Gasteiger partial charge in [-0.3, -0.25) is 38.4 Å². The minimum Gasteiger partial charge on any atom is -0.508 e. The van der Waals surface area contributed by atoms with Gasteiger partial charge < -0.3 is 58.5 Å². The number of hydrogen-bond donors (Lipinski definition) is 10. The van der Waals surface area contributed by atoms with Crippen LogP contribution < -0.4 is 43.4 Å². The van der Waals surface area contributed by atoms with Crippen LogP contribution in [0.3, 0.4) is 0 Å². The molecule has 19 nitrogen and oxygen atoms in total. The fourth-order valence-corrected chi connectivity index (χ4v) is 7.00. The number of carbonyl (C=O) groups is 8. The molecule has 340 valence electrons. The van der Waals surface area contributed by atoms with Crippen molar-refractivity contribution in [2.45, 2.75) is 76.0 Å². The Morgan fingerprint density at radius 1 is 0.694 bits per heavy atom. The molecule has 8 amide bonds. The van der Waals surface area contributed by atoms with Crippen molar-refractivity contribution in [2.75, 3.05) is 45.2 Å². The van der Waals surface area contributed by atoms with Crippen LogP contribution in [-0.2, 0) is 51.2 Å². The van der Waals surface area contributed by atoms with Gasteiger partial charge >= 0.3 is 0 Å². The zero-order valence-electron chi connectivity index (χ0n) is 35.2. The number of nitrogens with zero attached hydrogens (tertiary/aromatic N) is 1. The molecule has 0 aliphatic rings. The Morgan fingerprint density at radius 2 is 1.23 bits per heavy atom. The standard InChI is InChI=1S/C41H59N9O10S2/c1-25(2)8-17-34(53)48-33(24-62-61-4)40(59)49-32(20-27-11-15-29(52)16-12-27)39(58)45-22-36(55)46-30(7-5-6-18-42)41(60)50(3)23-37(56)44-21-35(54)47-31(38(43)57)19-26-9-13-28(51)14-10-26/h9-16,30-33,51-52H,1,5-8,17-24,42H2,2-4H3,(H2,43,57)(H,44,56)(H,45,58)(H,46,55)(H,47,54)(H,48,53)(H,49,59). The Balaban J connectivity index is 2.07. The van der Waals surface area contributed by atoms with Crippen molar-refractivity contribution in [3.8, 4) is 11.5 Å². The van der Waals surface area contributed by atoms with Gasteiger partial charge in [0.05, 0.1) is 19.6 Å². The molecule has 0 bridgehead atoms. The minimum atomic E-state index is -1.22. The fraction of sp³-hybridized carbons (Fsp3) is 0.463. The van der Waals surface area contributed by atoms with Gasteiger partial charge in [0.15, 0.2) is 0 Å². The normalized spacial score (nSPS) is 12.6. The molecule has 0 heterocycles. The minimum absolute atomic E-state index is 0.00894. The summed E-state index contributed by atoms with van der Waals surface area (Å²) in [6.07, 6.45) is 3.48. The molecular formula is C41H59N9O10S2. The van der Waals surface area contributed by atoms with Crippen molar-refractivity contribution >= 4 is 68.8 Å². The van der Waals surface area contributed by atoms with Gasteiger partial charge in [0, 0.05) is 32.1 Å². The topological polar surface area (TPSA) is 304 Å². The van der Waals surface area contributed by atoms with Crippen LogP contribution in [0.1, 0.15) is 50.2 Å². The Morgan fingerprint density at radius 3 is 1.76 bits per heavy atom. The lowest BCUT2D eigenvalue weighted by Gasteiger charge is -2.25. The van der Waals surface area contributed by atoms with Crippen molar-refractivity contribution in [1.29, 1.82) is 0 Å². The van der Waals surface area contributed by atoms with E-state index in [2.05, 4.69) is 38.5 Å². The Hall–Kier alpha value is -5.80. The smallest absolute Gasteiger partial charge is 0.245 e. The number of rotatable bonds is 28. The first-order valence-electron chi connectivity index (χ1n) is 19.7. The lowest BCUT2D eigenvalue weighted by atomic mass is 10.0. The van der Waals surface area contributed by atoms with Gasteiger partial charge in [-0.05, 0) is 80.8 Å². The molecule has 0 radical (unpaired) electrons. The van der Waals surface area contributed by atoms with E-state index in [4.69, 9.17) is 11.5 Å². The summed E-state index contributed by atoms with van der Waals surface area (Å²) in [5.41, 5.74) is 13.1. The maximum Gasteiger partial charge on any atom is 0.245 e. The van der Waals surface area contributed by atoms with Gasteiger partial charge in [0.25, 0.3) is 0 Å². The van der Waals surface area contributed by atoms with Gasteiger partial charge in [0.2, 0.25) is 47.3 Å². The van der Waals surface area contributed by atoms with Crippen molar-refractivity contribution in [3.05, 3.63) is 71.8 Å². The molecule has 62 heavy (non-hydrogen) atoms. The third kappa shape index (κ3) is 20.6. The number of nitrogens with two attached hydrogens (primary N) is 2. The predicted octanol–water partition coefficient (Wildman–Crippen LogP) is -0.505. The lowest BCUT2D eigenvalue weighted by Crippen LogP contribution is -2.56. The first kappa shape index (κ1) is 52.3. The number of nitrogens with one attached hydrogen (secondary N) is 6. The summed E-state index contributed by atoms with van der Waals surface area (Å²) in [4.78, 5) is 105. The molecule has 0 aromatic heterocycles. The van der Waals surface area contributed by atoms with Gasteiger partial charge in [0.1, 0.15) is 35.7 Å². The second-order valence-corrected chi connectivity index (χ2v) is 17.1. The SMILES string of the molecule is C=C(C)CCC(=O)NC(CSSC)C(=O)NC(Cc1ccc(O)cc1)C(=O)NCC(=O)NC(CCCCN)C(=O)N(C)CC(=O)NCC(=O)NC(Cc1ccc(O)cc1)C(N)=O. The van der Waals surface area contributed by atoms with Crippen LogP contribution in [0.25, 0.3) is 0 Å². The van der Waals surface area contributed by atoms with Gasteiger partial charge in [-0.15, -0.1) is 6.58 Å². The molecule has 4 unspecified atom stereocenters. The lowest BCUT2D eigenvalue weighted by molar-refractivity contribution is -0.138. The number of allylic oxidation sites excluding steroid dienone is 1. The third-order valence-corrected chi connectivity index (χ3v) is 10.9. The summed E-state index contributed by atoms with van der Waals surface area (Å²) < 4.78 is 0. The zero-order chi connectivity index (χ0) is 46.2. The van der Waals surface area contributed by atoms with E-state index in [0.29, 0.717) is 36.9 Å². The fourth-order valence-electron chi connectivity index (χ4n) is 5.68. The highest BCUT2D eigenvalue weighted by Gasteiger charge is 2.29. The molecule has 2 aromatic carbocycles.